The van der Waals surface area contributed by atoms with Gasteiger partial charge in [-0.25, -0.2) is 9.97 Å². The summed E-state index contributed by atoms with van der Waals surface area (Å²) < 4.78 is 0. The van der Waals surface area contributed by atoms with Gasteiger partial charge in [0.1, 0.15) is 0 Å². The SMILES string of the molecule is N[C@@H]1CCC[C@H](Nc2ncc(Cl)c(-c3cccc(-c4ccccc4)c3)n2)C1. The standard InChI is InChI=1S/C22H23ClN4/c23-20-14-25-22(26-19-11-5-10-18(24)13-19)27-21(20)17-9-4-8-16(12-17)15-6-2-1-3-7-15/h1-4,6-9,12,14,18-19H,5,10-11,13,24H2,(H,25,26,27)/t18-,19+/m1/s1. The van der Waals surface area contributed by atoms with E-state index < -0.39 is 0 Å². The van der Waals surface area contributed by atoms with Crippen LogP contribution in [0.2, 0.25) is 5.02 Å². The number of nitrogens with zero attached hydrogens (tertiary/aromatic N) is 2. The Balaban J connectivity index is 1.62. The van der Waals surface area contributed by atoms with Crippen LogP contribution in [-0.2, 0) is 0 Å². The third kappa shape index (κ3) is 4.29. The van der Waals surface area contributed by atoms with E-state index in [1.165, 1.54) is 5.56 Å². The predicted molar refractivity (Wildman–Crippen MR) is 112 cm³/mol. The van der Waals surface area contributed by atoms with E-state index in [4.69, 9.17) is 22.3 Å². The van der Waals surface area contributed by atoms with Crippen LogP contribution in [0.4, 0.5) is 5.95 Å². The van der Waals surface area contributed by atoms with Gasteiger partial charge in [-0.2, -0.15) is 0 Å². The average molecular weight is 379 g/mol. The molecule has 2 aromatic carbocycles. The van der Waals surface area contributed by atoms with Gasteiger partial charge in [0.25, 0.3) is 0 Å². The van der Waals surface area contributed by atoms with Gasteiger partial charge in [0, 0.05) is 17.6 Å². The summed E-state index contributed by atoms with van der Waals surface area (Å²) in [4.78, 5) is 9.07. The molecule has 4 rings (SSSR count). The van der Waals surface area contributed by atoms with Crippen molar-refractivity contribution in [3.05, 3.63) is 65.8 Å². The zero-order valence-electron chi connectivity index (χ0n) is 15.1. The first-order valence-electron chi connectivity index (χ1n) is 9.39. The molecule has 0 saturated heterocycles. The maximum absolute atomic E-state index is 6.42. The van der Waals surface area contributed by atoms with Gasteiger partial charge in [-0.15, -0.1) is 0 Å². The number of nitrogens with two attached hydrogens (primary N) is 1. The minimum Gasteiger partial charge on any atom is -0.351 e. The average Bonchev–Trinajstić information content (AvgIpc) is 2.70. The number of nitrogens with one attached hydrogen (secondary N) is 1. The fraction of sp³-hybridized carbons (Fsp3) is 0.273. The second-order valence-electron chi connectivity index (χ2n) is 7.10. The summed E-state index contributed by atoms with van der Waals surface area (Å²) in [7, 11) is 0. The minimum atomic E-state index is 0.255. The summed E-state index contributed by atoms with van der Waals surface area (Å²) in [5, 5.41) is 3.98. The van der Waals surface area contributed by atoms with E-state index in [0.717, 1.165) is 42.5 Å². The van der Waals surface area contributed by atoms with Gasteiger partial charge < -0.3 is 11.1 Å². The highest BCUT2D eigenvalue weighted by atomic mass is 35.5. The summed E-state index contributed by atoms with van der Waals surface area (Å²) in [6, 6.07) is 19.1. The van der Waals surface area contributed by atoms with E-state index in [2.05, 4.69) is 34.6 Å². The van der Waals surface area contributed by atoms with E-state index in [9.17, 15) is 0 Å². The summed E-state index contributed by atoms with van der Waals surface area (Å²) in [6.07, 6.45) is 5.95. The second kappa shape index (κ2) is 8.07. The molecule has 138 valence electrons. The Morgan fingerprint density at radius 1 is 0.963 bits per heavy atom. The van der Waals surface area contributed by atoms with E-state index in [1.54, 1.807) is 6.20 Å². The molecule has 1 saturated carbocycles. The highest BCUT2D eigenvalue weighted by molar-refractivity contribution is 6.32. The first-order chi connectivity index (χ1) is 13.2. The van der Waals surface area contributed by atoms with E-state index >= 15 is 0 Å². The highest BCUT2D eigenvalue weighted by Gasteiger charge is 2.20. The van der Waals surface area contributed by atoms with Gasteiger partial charge >= 0.3 is 0 Å². The van der Waals surface area contributed by atoms with Crippen LogP contribution in [0.25, 0.3) is 22.4 Å². The van der Waals surface area contributed by atoms with Gasteiger partial charge in [0.2, 0.25) is 5.95 Å². The number of hydrogen-bond acceptors (Lipinski definition) is 4. The van der Waals surface area contributed by atoms with Crippen molar-refractivity contribution in [2.75, 3.05) is 5.32 Å². The number of halogens is 1. The van der Waals surface area contributed by atoms with Gasteiger partial charge in [0.15, 0.2) is 0 Å². The van der Waals surface area contributed by atoms with Crippen LogP contribution in [0.15, 0.2) is 60.8 Å². The topological polar surface area (TPSA) is 63.8 Å². The van der Waals surface area contributed by atoms with E-state index in [0.29, 0.717) is 17.0 Å². The number of hydrogen-bond donors (Lipinski definition) is 2. The molecule has 1 aliphatic rings. The zero-order valence-corrected chi connectivity index (χ0v) is 15.9. The van der Waals surface area contributed by atoms with Crippen molar-refractivity contribution in [3.63, 3.8) is 0 Å². The Hall–Kier alpha value is -2.43. The molecule has 0 bridgehead atoms. The van der Waals surface area contributed by atoms with Crippen molar-refractivity contribution in [2.24, 2.45) is 5.73 Å². The molecule has 3 aromatic rings. The summed E-state index contributed by atoms with van der Waals surface area (Å²) in [5.74, 6) is 0.610. The lowest BCUT2D eigenvalue weighted by atomic mass is 9.92. The van der Waals surface area contributed by atoms with Crippen LogP contribution in [0, 0.1) is 0 Å². The van der Waals surface area contributed by atoms with Gasteiger partial charge in [0.05, 0.1) is 16.9 Å². The summed E-state index contributed by atoms with van der Waals surface area (Å²) in [5.41, 5.74) is 10.1. The Morgan fingerprint density at radius 3 is 2.56 bits per heavy atom. The van der Waals surface area contributed by atoms with Crippen molar-refractivity contribution < 1.29 is 0 Å². The fourth-order valence-electron chi connectivity index (χ4n) is 3.66. The quantitative estimate of drug-likeness (QED) is 0.659. The van der Waals surface area contributed by atoms with Crippen LogP contribution < -0.4 is 11.1 Å². The molecule has 4 nitrogen and oxygen atoms in total. The number of rotatable bonds is 4. The normalized spacial score (nSPS) is 19.6. The molecule has 0 aliphatic heterocycles. The predicted octanol–water partition coefficient (Wildman–Crippen LogP) is 5.15. The van der Waals surface area contributed by atoms with Crippen molar-refractivity contribution in [3.8, 4) is 22.4 Å². The van der Waals surface area contributed by atoms with Crippen molar-refractivity contribution >= 4 is 17.5 Å². The Morgan fingerprint density at radius 2 is 1.74 bits per heavy atom. The van der Waals surface area contributed by atoms with Gasteiger partial charge in [-0.1, -0.05) is 60.1 Å². The number of aromatic nitrogens is 2. The van der Waals surface area contributed by atoms with Crippen LogP contribution in [0.1, 0.15) is 25.7 Å². The molecule has 27 heavy (non-hydrogen) atoms. The third-order valence-corrected chi connectivity index (χ3v) is 5.31. The van der Waals surface area contributed by atoms with Crippen molar-refractivity contribution in [2.45, 2.75) is 37.8 Å². The van der Waals surface area contributed by atoms with Crippen molar-refractivity contribution in [1.29, 1.82) is 0 Å². The lowest BCUT2D eigenvalue weighted by molar-refractivity contribution is 0.408. The van der Waals surface area contributed by atoms with Gasteiger partial charge in [-0.3, -0.25) is 0 Å². The smallest absolute Gasteiger partial charge is 0.223 e. The van der Waals surface area contributed by atoms with Crippen LogP contribution in [-0.4, -0.2) is 22.1 Å². The molecule has 3 N–H and O–H groups in total. The summed E-state index contributed by atoms with van der Waals surface area (Å²) >= 11 is 6.42. The highest BCUT2D eigenvalue weighted by Crippen LogP contribution is 2.30. The molecule has 2 atom stereocenters. The molecule has 0 amide bonds. The summed E-state index contributed by atoms with van der Waals surface area (Å²) in [6.45, 7) is 0. The molecule has 5 heteroatoms. The Bertz CT molecular complexity index is 913. The molecule has 0 unspecified atom stereocenters. The van der Waals surface area contributed by atoms with Gasteiger partial charge in [-0.05, 0) is 42.9 Å². The molecule has 1 heterocycles. The Kier molecular flexibility index (Phi) is 5.37. The Labute approximate surface area is 164 Å². The number of benzene rings is 2. The third-order valence-electron chi connectivity index (χ3n) is 5.04. The zero-order chi connectivity index (χ0) is 18.6. The maximum atomic E-state index is 6.42. The largest absolute Gasteiger partial charge is 0.351 e. The lowest BCUT2D eigenvalue weighted by Gasteiger charge is -2.27. The second-order valence-corrected chi connectivity index (χ2v) is 7.51. The fourth-order valence-corrected chi connectivity index (χ4v) is 3.86. The first kappa shape index (κ1) is 18.0. The van der Waals surface area contributed by atoms with E-state index in [-0.39, 0.29) is 6.04 Å². The molecule has 1 aliphatic carbocycles. The molecular formula is C22H23ClN4. The van der Waals surface area contributed by atoms with Crippen LogP contribution in [0.5, 0.6) is 0 Å². The molecule has 1 aromatic heterocycles. The van der Waals surface area contributed by atoms with Crippen molar-refractivity contribution in [1.82, 2.24) is 9.97 Å². The maximum Gasteiger partial charge on any atom is 0.223 e. The molecule has 0 spiro atoms. The molecule has 0 radical (unpaired) electrons. The lowest BCUT2D eigenvalue weighted by Crippen LogP contribution is -2.35. The monoisotopic (exact) mass is 378 g/mol. The van der Waals surface area contributed by atoms with E-state index in [1.807, 2.05) is 30.3 Å². The molecular weight excluding hydrogens is 356 g/mol. The minimum absolute atomic E-state index is 0.255. The number of anilines is 1. The van der Waals surface area contributed by atoms with Crippen LogP contribution in [0.3, 0.4) is 0 Å². The first-order valence-corrected chi connectivity index (χ1v) is 9.77. The van der Waals surface area contributed by atoms with Crippen LogP contribution >= 0.6 is 11.6 Å². The molecule has 1 fully saturated rings.